The van der Waals surface area contributed by atoms with E-state index >= 15 is 0 Å². The van der Waals surface area contributed by atoms with E-state index in [-0.39, 0.29) is 33.6 Å². The zero-order chi connectivity index (χ0) is 21.5. The molecule has 0 aliphatic carbocycles. The first-order valence-corrected chi connectivity index (χ1v) is 10.5. The van der Waals surface area contributed by atoms with Crippen LogP contribution in [0.25, 0.3) is 0 Å². The van der Waals surface area contributed by atoms with Crippen molar-refractivity contribution in [3.05, 3.63) is 21.4 Å². The molecule has 0 spiro atoms. The van der Waals surface area contributed by atoms with Gasteiger partial charge in [-0.2, -0.15) is 0 Å². The number of nitrogens with one attached hydrogen (secondary N) is 1. The predicted octanol–water partition coefficient (Wildman–Crippen LogP) is 5.87. The van der Waals surface area contributed by atoms with Crippen molar-refractivity contribution in [2.45, 2.75) is 66.7 Å². The Labute approximate surface area is 176 Å². The number of halogens is 1. The molecule has 1 rings (SSSR count). The van der Waals surface area contributed by atoms with Gasteiger partial charge in [0, 0.05) is 6.42 Å². The molecule has 5 nitrogen and oxygen atoms in total. The maximum atomic E-state index is 13.5. The van der Waals surface area contributed by atoms with Gasteiger partial charge in [-0.3, -0.25) is 14.2 Å². The fourth-order valence-corrected chi connectivity index (χ4v) is 3.51. The molecule has 1 atom stereocenters. The van der Waals surface area contributed by atoms with Crippen LogP contribution >= 0.6 is 24.4 Å². The van der Waals surface area contributed by atoms with E-state index in [9.17, 15) is 14.0 Å². The normalized spacial score (nSPS) is 13.6. The first-order chi connectivity index (χ1) is 13.0. The van der Waals surface area contributed by atoms with Gasteiger partial charge in [-0.25, -0.2) is 4.39 Å². The van der Waals surface area contributed by atoms with Crippen molar-refractivity contribution < 1.29 is 18.7 Å². The van der Waals surface area contributed by atoms with Crippen molar-refractivity contribution in [1.29, 1.82) is 0 Å². The molecule has 28 heavy (non-hydrogen) atoms. The molecule has 0 aliphatic heterocycles. The molecule has 0 aromatic carbocycles. The summed E-state index contributed by atoms with van der Waals surface area (Å²) in [5.41, 5.74) is -0.488. The van der Waals surface area contributed by atoms with Crippen LogP contribution in [0.2, 0.25) is 0 Å². The smallest absolute Gasteiger partial charge is 0.312 e. The number of aromatic amines is 1. The van der Waals surface area contributed by atoms with Crippen molar-refractivity contribution in [1.82, 2.24) is 9.55 Å². The zero-order valence-electron chi connectivity index (χ0n) is 17.3. The highest BCUT2D eigenvalue weighted by atomic mass is 32.1. The second kappa shape index (κ2) is 11.0. The van der Waals surface area contributed by atoms with Crippen LogP contribution < -0.4 is 0 Å². The molecule has 0 saturated heterocycles. The fourth-order valence-electron chi connectivity index (χ4n) is 3.04. The number of carbonyl (C=O) groups is 2. The van der Waals surface area contributed by atoms with Crippen LogP contribution in [0.4, 0.5) is 4.39 Å². The maximum absolute atomic E-state index is 13.5. The second-order valence-corrected chi connectivity index (χ2v) is 8.91. The van der Waals surface area contributed by atoms with Gasteiger partial charge >= 0.3 is 5.97 Å². The van der Waals surface area contributed by atoms with Crippen LogP contribution in [-0.4, -0.2) is 28.0 Å². The molecular formula is C20H31FN2O3S2. The van der Waals surface area contributed by atoms with E-state index in [2.05, 4.69) is 18.8 Å². The van der Waals surface area contributed by atoms with Crippen molar-refractivity contribution in [2.24, 2.45) is 17.3 Å². The molecule has 1 N–H and O–H groups in total. The number of ether oxygens (including phenoxy) is 1. The highest BCUT2D eigenvalue weighted by Gasteiger charge is 2.38. The van der Waals surface area contributed by atoms with E-state index in [0.29, 0.717) is 25.4 Å². The minimum atomic E-state index is -0.682. The molecule has 8 heteroatoms. The minimum Gasteiger partial charge on any atom is -0.465 e. The molecule has 158 valence electrons. The number of esters is 1. The lowest BCUT2D eigenvalue weighted by atomic mass is 9.73. The van der Waals surface area contributed by atoms with Crippen LogP contribution in [0.5, 0.6) is 0 Å². The summed E-state index contributed by atoms with van der Waals surface area (Å²) in [6.45, 7) is 10.6. The first kappa shape index (κ1) is 24.6. The topological polar surface area (TPSA) is 64.1 Å². The van der Waals surface area contributed by atoms with Gasteiger partial charge < -0.3 is 9.72 Å². The lowest BCUT2D eigenvalue weighted by Crippen LogP contribution is -2.36. The third kappa shape index (κ3) is 6.88. The number of H-pyrrole nitrogens is 1. The van der Waals surface area contributed by atoms with Gasteiger partial charge in [-0.1, -0.05) is 39.9 Å². The Morgan fingerprint density at radius 3 is 2.43 bits per heavy atom. The molecule has 1 unspecified atom stereocenters. The van der Waals surface area contributed by atoms with Gasteiger partial charge in [-0.05, 0) is 56.7 Å². The predicted molar refractivity (Wildman–Crippen MR) is 113 cm³/mol. The van der Waals surface area contributed by atoms with Crippen LogP contribution in [-0.2, 0) is 9.53 Å². The average Bonchev–Trinajstić information content (AvgIpc) is 2.59. The molecule has 1 heterocycles. The fraction of sp³-hybridized carbons (Fsp3) is 0.700. The van der Waals surface area contributed by atoms with Gasteiger partial charge in [-0.15, -0.1) is 0 Å². The monoisotopic (exact) mass is 430 g/mol. The number of hydrogen-bond acceptors (Lipinski definition) is 5. The summed E-state index contributed by atoms with van der Waals surface area (Å²) in [6.07, 6.45) is 4.03. The molecule has 1 aromatic rings. The highest BCUT2D eigenvalue weighted by Crippen LogP contribution is 2.35. The SMILES string of the molecule is CC(C)CC(C)(C(=O)OCCCCCC(=O)n1cc(F)c(=S)[nH]c1=S)C(C)C. The van der Waals surface area contributed by atoms with Crippen molar-refractivity contribution >= 4 is 36.3 Å². The van der Waals surface area contributed by atoms with Gasteiger partial charge in [0.25, 0.3) is 0 Å². The Hall–Kier alpha value is -1.41. The molecule has 0 bridgehead atoms. The lowest BCUT2D eigenvalue weighted by Gasteiger charge is -2.32. The van der Waals surface area contributed by atoms with E-state index in [1.54, 1.807) is 0 Å². The van der Waals surface area contributed by atoms with Crippen LogP contribution in [0.1, 0.15) is 71.5 Å². The number of nitrogens with zero attached hydrogens (tertiary/aromatic N) is 1. The van der Waals surface area contributed by atoms with E-state index < -0.39 is 11.2 Å². The summed E-state index contributed by atoms with van der Waals surface area (Å²) in [4.78, 5) is 27.2. The van der Waals surface area contributed by atoms with E-state index in [0.717, 1.165) is 23.6 Å². The van der Waals surface area contributed by atoms with Crippen molar-refractivity contribution in [3.63, 3.8) is 0 Å². The Morgan fingerprint density at radius 2 is 1.86 bits per heavy atom. The Balaban J connectivity index is 2.42. The molecule has 0 radical (unpaired) electrons. The third-order valence-electron chi connectivity index (χ3n) is 5.01. The van der Waals surface area contributed by atoms with Crippen LogP contribution in [0.3, 0.4) is 0 Å². The van der Waals surface area contributed by atoms with Gasteiger partial charge in [0.2, 0.25) is 5.91 Å². The minimum absolute atomic E-state index is 0.0865. The van der Waals surface area contributed by atoms with Crippen LogP contribution in [0.15, 0.2) is 6.20 Å². The van der Waals surface area contributed by atoms with Gasteiger partial charge in [0.15, 0.2) is 10.6 Å². The van der Waals surface area contributed by atoms with E-state index in [1.807, 2.05) is 20.8 Å². The average molecular weight is 431 g/mol. The summed E-state index contributed by atoms with van der Waals surface area (Å²) < 4.78 is 20.1. The first-order valence-electron chi connectivity index (χ1n) is 9.71. The molecule has 0 aliphatic rings. The molecule has 1 aromatic heterocycles. The zero-order valence-corrected chi connectivity index (χ0v) is 19.0. The number of hydrogen-bond donors (Lipinski definition) is 1. The maximum Gasteiger partial charge on any atom is 0.312 e. The molecular weight excluding hydrogens is 399 g/mol. The summed E-state index contributed by atoms with van der Waals surface area (Å²) in [7, 11) is 0. The summed E-state index contributed by atoms with van der Waals surface area (Å²) in [5, 5.41) is 0. The van der Waals surface area contributed by atoms with Crippen molar-refractivity contribution in [3.8, 4) is 0 Å². The quantitative estimate of drug-likeness (QED) is 0.286. The highest BCUT2D eigenvalue weighted by molar-refractivity contribution is 7.72. The molecule has 0 amide bonds. The second-order valence-electron chi connectivity index (χ2n) is 8.12. The summed E-state index contributed by atoms with van der Waals surface area (Å²) >= 11 is 9.75. The largest absolute Gasteiger partial charge is 0.465 e. The number of rotatable bonds is 10. The number of aromatic nitrogens is 2. The van der Waals surface area contributed by atoms with Gasteiger partial charge in [0.1, 0.15) is 4.64 Å². The Kier molecular flexibility index (Phi) is 9.63. The Morgan fingerprint density at radius 1 is 1.21 bits per heavy atom. The van der Waals surface area contributed by atoms with Crippen LogP contribution in [0, 0.1) is 32.5 Å². The summed E-state index contributed by atoms with van der Waals surface area (Å²) in [6, 6.07) is 0. The summed E-state index contributed by atoms with van der Waals surface area (Å²) in [5.74, 6) is -0.526. The third-order valence-corrected chi connectivity index (χ3v) is 5.60. The Bertz CT molecular complexity index is 801. The molecule has 0 saturated carbocycles. The van der Waals surface area contributed by atoms with Crippen molar-refractivity contribution in [2.75, 3.05) is 6.61 Å². The standard InChI is InChI=1S/C20H31FN2O3S2/c1-13(2)11-20(5,14(3)4)18(25)26-10-8-6-7-9-16(24)23-12-15(21)17(27)22-19(23)28/h12-14H,6-11H2,1-5H3,(H,22,27,28). The molecule has 0 fully saturated rings. The van der Waals surface area contributed by atoms with Gasteiger partial charge in [0.05, 0.1) is 18.2 Å². The van der Waals surface area contributed by atoms with E-state index in [4.69, 9.17) is 29.2 Å². The number of unbranched alkanes of at least 4 members (excludes halogenated alkanes) is 2. The number of carbonyl (C=O) groups excluding carboxylic acids is 2. The lowest BCUT2D eigenvalue weighted by molar-refractivity contribution is -0.159. The van der Waals surface area contributed by atoms with E-state index in [1.165, 1.54) is 0 Å².